The molecule has 0 bridgehead atoms. The molecule has 3 N–H and O–H groups in total. The Labute approximate surface area is 187 Å². The van der Waals surface area contributed by atoms with E-state index in [0.717, 1.165) is 29.7 Å². The predicted molar refractivity (Wildman–Crippen MR) is 127 cm³/mol. The van der Waals surface area contributed by atoms with Crippen molar-refractivity contribution in [2.24, 2.45) is 17.3 Å². The summed E-state index contributed by atoms with van der Waals surface area (Å²) in [6.07, 6.45) is 11.1. The van der Waals surface area contributed by atoms with Gasteiger partial charge in [0.2, 0.25) is 0 Å². The van der Waals surface area contributed by atoms with Gasteiger partial charge in [0.15, 0.2) is 0 Å². The normalized spacial score (nSPS) is 36.9. The maximum atomic E-state index is 10.2. The number of rotatable bonds is 6. The van der Waals surface area contributed by atoms with E-state index in [1.807, 2.05) is 11.8 Å². The molecular formula is C26H40O3S. The number of aliphatic hydroxyl groups excluding tert-OH is 3. The zero-order valence-corrected chi connectivity index (χ0v) is 19.9. The summed E-state index contributed by atoms with van der Waals surface area (Å²) in [6, 6.07) is 0. The first-order valence-corrected chi connectivity index (χ1v) is 12.6. The summed E-state index contributed by atoms with van der Waals surface area (Å²) >= 11 is 1.89. The average Bonchev–Trinajstić information content (AvgIpc) is 3.04. The molecule has 0 aliphatic heterocycles. The Morgan fingerprint density at radius 2 is 2.00 bits per heavy atom. The van der Waals surface area contributed by atoms with Crippen LogP contribution in [0.5, 0.6) is 0 Å². The summed E-state index contributed by atoms with van der Waals surface area (Å²) in [5.41, 5.74) is 4.98. The molecule has 4 heteroatoms. The highest BCUT2D eigenvalue weighted by atomic mass is 32.2. The van der Waals surface area contributed by atoms with Crippen LogP contribution in [0, 0.1) is 17.3 Å². The second-order valence-electron chi connectivity index (χ2n) is 10.1. The summed E-state index contributed by atoms with van der Waals surface area (Å²) in [5.74, 6) is 1.62. The van der Waals surface area contributed by atoms with Gasteiger partial charge >= 0.3 is 0 Å². The Balaban J connectivity index is 1.73. The minimum Gasteiger partial charge on any atom is -0.393 e. The SMILES string of the molecule is C=C1C(=CC=C2CCC[C@]3(C)C([C@@H](C)SC[C@H](O)C(C)C)=CC[C@@H]23)C[C@@H](O)C[C@@H]1O. The number of thioether (sulfide) groups is 1. The molecule has 3 aliphatic rings. The van der Waals surface area contributed by atoms with Crippen molar-refractivity contribution in [2.45, 2.75) is 89.8 Å². The van der Waals surface area contributed by atoms with Crippen molar-refractivity contribution in [1.82, 2.24) is 0 Å². The smallest absolute Gasteiger partial charge is 0.0811 e. The fourth-order valence-electron chi connectivity index (χ4n) is 5.47. The minimum absolute atomic E-state index is 0.195. The molecule has 0 aromatic heterocycles. The van der Waals surface area contributed by atoms with E-state index in [1.54, 1.807) is 5.57 Å². The Bertz CT molecular complexity index is 735. The van der Waals surface area contributed by atoms with Crippen molar-refractivity contribution >= 4 is 11.8 Å². The number of allylic oxidation sites excluding steroid dienone is 4. The first kappa shape index (κ1) is 23.8. The molecule has 0 radical (unpaired) electrons. The first-order chi connectivity index (χ1) is 14.1. The lowest BCUT2D eigenvalue weighted by atomic mass is 9.64. The van der Waals surface area contributed by atoms with Crippen molar-refractivity contribution < 1.29 is 15.3 Å². The molecule has 3 rings (SSSR count). The fourth-order valence-corrected chi connectivity index (χ4v) is 6.89. The van der Waals surface area contributed by atoms with E-state index in [4.69, 9.17) is 0 Å². The fraction of sp³-hybridized carbons (Fsp3) is 0.692. The Hall–Kier alpha value is -0.810. The van der Waals surface area contributed by atoms with Gasteiger partial charge in [-0.3, -0.25) is 0 Å². The largest absolute Gasteiger partial charge is 0.393 e. The molecule has 0 saturated heterocycles. The van der Waals surface area contributed by atoms with Gasteiger partial charge < -0.3 is 15.3 Å². The number of hydrogen-bond donors (Lipinski definition) is 3. The molecule has 0 aromatic rings. The van der Waals surface area contributed by atoms with E-state index in [0.29, 0.717) is 29.9 Å². The van der Waals surface area contributed by atoms with Crippen LogP contribution >= 0.6 is 11.8 Å². The zero-order valence-electron chi connectivity index (χ0n) is 19.1. The summed E-state index contributed by atoms with van der Waals surface area (Å²) in [7, 11) is 0. The van der Waals surface area contributed by atoms with Gasteiger partial charge in [0.05, 0.1) is 18.3 Å². The van der Waals surface area contributed by atoms with Crippen LogP contribution in [0.3, 0.4) is 0 Å². The monoisotopic (exact) mass is 432 g/mol. The highest BCUT2D eigenvalue weighted by Gasteiger charge is 2.46. The molecule has 0 unspecified atom stereocenters. The lowest BCUT2D eigenvalue weighted by Crippen LogP contribution is -2.33. The highest BCUT2D eigenvalue weighted by Crippen LogP contribution is 2.56. The van der Waals surface area contributed by atoms with Crippen molar-refractivity contribution in [3.8, 4) is 0 Å². The number of fused-ring (bicyclic) bond motifs is 1. The second kappa shape index (κ2) is 9.77. The lowest BCUT2D eigenvalue weighted by Gasteiger charge is -2.42. The summed E-state index contributed by atoms with van der Waals surface area (Å²) in [6.45, 7) is 12.9. The van der Waals surface area contributed by atoms with Crippen LogP contribution < -0.4 is 0 Å². The molecule has 168 valence electrons. The van der Waals surface area contributed by atoms with E-state index >= 15 is 0 Å². The Kier molecular flexibility index (Phi) is 7.76. The molecule has 3 aliphatic carbocycles. The molecule has 0 heterocycles. The average molecular weight is 433 g/mol. The molecular weight excluding hydrogens is 392 g/mol. The van der Waals surface area contributed by atoms with Gasteiger partial charge in [0.25, 0.3) is 0 Å². The van der Waals surface area contributed by atoms with Gasteiger partial charge in [0, 0.05) is 17.4 Å². The summed E-state index contributed by atoms with van der Waals surface area (Å²) < 4.78 is 0. The lowest BCUT2D eigenvalue weighted by molar-refractivity contribution is 0.0862. The van der Waals surface area contributed by atoms with Crippen LogP contribution in [0.1, 0.15) is 66.2 Å². The third-order valence-electron chi connectivity index (χ3n) is 7.60. The highest BCUT2D eigenvalue weighted by molar-refractivity contribution is 8.00. The molecule has 6 atom stereocenters. The molecule has 2 saturated carbocycles. The molecule has 0 amide bonds. The van der Waals surface area contributed by atoms with E-state index in [-0.39, 0.29) is 11.5 Å². The van der Waals surface area contributed by atoms with Gasteiger partial charge in [-0.1, -0.05) is 56.7 Å². The van der Waals surface area contributed by atoms with Crippen LogP contribution in [0.2, 0.25) is 0 Å². The van der Waals surface area contributed by atoms with Crippen LogP contribution in [-0.4, -0.2) is 44.6 Å². The molecule has 0 aromatic carbocycles. The second-order valence-corrected chi connectivity index (χ2v) is 11.4. The van der Waals surface area contributed by atoms with Crippen molar-refractivity contribution in [3.05, 3.63) is 47.1 Å². The quantitative estimate of drug-likeness (QED) is 0.506. The molecule has 3 nitrogen and oxygen atoms in total. The van der Waals surface area contributed by atoms with Gasteiger partial charge in [0.1, 0.15) is 0 Å². The van der Waals surface area contributed by atoms with Crippen LogP contribution in [0.15, 0.2) is 47.1 Å². The minimum atomic E-state index is -0.631. The third kappa shape index (κ3) is 4.98. The standard InChI is InChI=1S/C26H40O3S/c1-16(2)25(29)15-30-18(4)22-10-11-23-19(7-6-12-26(22,23)5)8-9-20-13-21(27)14-24(28)17(20)3/h8-10,16,18,21,23-25,27-29H,3,6-7,11-15H2,1-2,4-5H3/t18-,21-,23+,24+,25+,26-/m1/s1. The maximum Gasteiger partial charge on any atom is 0.0811 e. The Morgan fingerprint density at radius 3 is 2.70 bits per heavy atom. The van der Waals surface area contributed by atoms with Gasteiger partial charge in [-0.2, -0.15) is 11.8 Å². The van der Waals surface area contributed by atoms with Crippen LogP contribution in [0.4, 0.5) is 0 Å². The van der Waals surface area contributed by atoms with E-state index in [9.17, 15) is 15.3 Å². The van der Waals surface area contributed by atoms with Crippen molar-refractivity contribution in [2.75, 3.05) is 5.75 Å². The van der Waals surface area contributed by atoms with Gasteiger partial charge in [-0.15, -0.1) is 0 Å². The summed E-state index contributed by atoms with van der Waals surface area (Å²) in [5, 5.41) is 30.8. The topological polar surface area (TPSA) is 60.7 Å². The molecule has 0 spiro atoms. The van der Waals surface area contributed by atoms with E-state index < -0.39 is 12.2 Å². The number of hydrogen-bond acceptors (Lipinski definition) is 4. The van der Waals surface area contributed by atoms with Crippen molar-refractivity contribution in [3.63, 3.8) is 0 Å². The molecule has 30 heavy (non-hydrogen) atoms. The summed E-state index contributed by atoms with van der Waals surface area (Å²) in [4.78, 5) is 0. The third-order valence-corrected chi connectivity index (χ3v) is 8.89. The van der Waals surface area contributed by atoms with Gasteiger partial charge in [-0.05, 0) is 67.4 Å². The zero-order chi connectivity index (χ0) is 22.1. The predicted octanol–water partition coefficient (Wildman–Crippen LogP) is 5.19. The van der Waals surface area contributed by atoms with Gasteiger partial charge in [-0.25, -0.2) is 0 Å². The maximum absolute atomic E-state index is 10.2. The Morgan fingerprint density at radius 1 is 1.27 bits per heavy atom. The van der Waals surface area contributed by atoms with E-state index in [2.05, 4.69) is 52.5 Å². The molecule has 2 fully saturated rings. The van der Waals surface area contributed by atoms with Crippen LogP contribution in [-0.2, 0) is 0 Å². The number of aliphatic hydroxyl groups is 3. The van der Waals surface area contributed by atoms with Crippen molar-refractivity contribution in [1.29, 1.82) is 0 Å². The first-order valence-electron chi connectivity index (χ1n) is 11.6. The van der Waals surface area contributed by atoms with E-state index in [1.165, 1.54) is 18.4 Å². The van der Waals surface area contributed by atoms with Crippen LogP contribution in [0.25, 0.3) is 0 Å².